The lowest BCUT2D eigenvalue weighted by atomic mass is 10.8. The largest absolute Gasteiger partial charge is 0.337 e. The Morgan fingerprint density at radius 2 is 2.38 bits per heavy atom. The Labute approximate surface area is 53.2 Å². The molecule has 0 atom stereocenters. The number of nitrogens with zero attached hydrogens (tertiary/aromatic N) is 1. The van der Waals surface area contributed by atoms with E-state index in [4.69, 9.17) is 5.26 Å². The van der Waals surface area contributed by atoms with Crippen LogP contribution >= 0.6 is 11.8 Å². The molecule has 3 nitrogen and oxygen atoms in total. The highest BCUT2D eigenvalue weighted by Gasteiger charge is 1.93. The molecule has 8 heavy (non-hydrogen) atoms. The van der Waals surface area contributed by atoms with Crippen molar-refractivity contribution in [3.05, 3.63) is 0 Å². The molecule has 46 valence electrons. The van der Waals surface area contributed by atoms with Crippen molar-refractivity contribution in [3.63, 3.8) is 0 Å². The third-order valence-electron chi connectivity index (χ3n) is 0.627. The first kappa shape index (κ1) is 7.60. The summed E-state index contributed by atoms with van der Waals surface area (Å²) >= 11 is 1.96. The van der Waals surface area contributed by atoms with Gasteiger partial charge in [0.05, 0.1) is 0 Å². The highest BCUT2D eigenvalue weighted by Crippen LogP contribution is 1.99. The Kier molecular flexibility index (Phi) is 6.27. The van der Waals surface area contributed by atoms with Gasteiger partial charge in [-0.15, -0.1) is 11.8 Å². The van der Waals surface area contributed by atoms with Gasteiger partial charge in [-0.05, 0) is 0 Å². The van der Waals surface area contributed by atoms with Gasteiger partial charge in [0.25, 0.3) is 0 Å². The quantitative estimate of drug-likeness (QED) is 0.350. The molecule has 0 amide bonds. The van der Waals surface area contributed by atoms with Crippen LogP contribution in [-0.4, -0.2) is 18.2 Å². The first-order valence-electron chi connectivity index (χ1n) is 2.30. The van der Waals surface area contributed by atoms with E-state index < -0.39 is 0 Å². The van der Waals surface area contributed by atoms with Crippen molar-refractivity contribution in [1.29, 1.82) is 5.26 Å². The summed E-state index contributed by atoms with van der Waals surface area (Å²) in [5.74, 6) is 2.47. The van der Waals surface area contributed by atoms with E-state index in [0.29, 0.717) is 0 Å². The van der Waals surface area contributed by atoms with Gasteiger partial charge < -0.3 is 11.1 Å². The number of nitriles is 1. The van der Waals surface area contributed by atoms with E-state index in [-0.39, 0.29) is 0 Å². The van der Waals surface area contributed by atoms with Crippen molar-refractivity contribution in [2.45, 2.75) is 0 Å². The minimum Gasteiger partial charge on any atom is -0.337 e. The molecule has 0 saturated carbocycles. The summed E-state index contributed by atoms with van der Waals surface area (Å²) in [4.78, 5) is 0. The summed E-state index contributed by atoms with van der Waals surface area (Å²) in [6.45, 7) is 1.21. The average molecular weight is 131 g/mol. The molecule has 4 heteroatoms. The molecule has 0 aromatic carbocycles. The zero-order chi connectivity index (χ0) is 6.24. The van der Waals surface area contributed by atoms with Gasteiger partial charge in [-0.25, -0.2) is 0 Å². The van der Waals surface area contributed by atoms with Gasteiger partial charge >= 0.3 is 0 Å². The Morgan fingerprint density at radius 1 is 1.75 bits per heavy atom. The van der Waals surface area contributed by atoms with Gasteiger partial charge in [-0.3, -0.25) is 0 Å². The van der Waals surface area contributed by atoms with E-state index in [2.05, 4.69) is 11.1 Å². The lowest BCUT2D eigenvalue weighted by Gasteiger charge is -1.74. The summed E-state index contributed by atoms with van der Waals surface area (Å²) in [5.41, 5.74) is 4.15. The molecule has 0 bridgehead atoms. The first-order chi connectivity index (χ1) is 3.91. The molecule has 0 aliphatic carbocycles. The predicted octanol–water partition coefficient (Wildman–Crippen LogP) is -0.294. The highest BCUT2D eigenvalue weighted by atomic mass is 32.2. The minimum absolute atomic E-state index is 1.17. The van der Waals surface area contributed by atoms with E-state index in [1.807, 2.05) is 11.8 Å². The predicted molar refractivity (Wildman–Crippen MR) is 35.1 cm³/mol. The van der Waals surface area contributed by atoms with Crippen molar-refractivity contribution in [2.24, 2.45) is 5.73 Å². The van der Waals surface area contributed by atoms with Crippen LogP contribution in [0, 0.1) is 11.5 Å². The van der Waals surface area contributed by atoms with Crippen molar-refractivity contribution >= 4 is 11.8 Å². The standard InChI is InChI=1S/C3H7NS.CH2N2/c1-2-5-3-4-1;2-1-3/h4H,1-3H2;2H2. The van der Waals surface area contributed by atoms with Crippen LogP contribution in [0.25, 0.3) is 0 Å². The van der Waals surface area contributed by atoms with Crippen LogP contribution in [0.4, 0.5) is 0 Å². The van der Waals surface area contributed by atoms with Gasteiger partial charge in [0.1, 0.15) is 0 Å². The van der Waals surface area contributed by atoms with E-state index in [9.17, 15) is 0 Å². The highest BCUT2D eigenvalue weighted by molar-refractivity contribution is 7.99. The van der Waals surface area contributed by atoms with E-state index >= 15 is 0 Å². The summed E-state index contributed by atoms with van der Waals surface area (Å²) < 4.78 is 0. The molecular weight excluding hydrogens is 122 g/mol. The summed E-state index contributed by atoms with van der Waals surface area (Å²) in [7, 11) is 0. The van der Waals surface area contributed by atoms with E-state index in [1.165, 1.54) is 24.4 Å². The van der Waals surface area contributed by atoms with Crippen molar-refractivity contribution in [3.8, 4) is 6.19 Å². The molecule has 1 aliphatic heterocycles. The fourth-order valence-corrected chi connectivity index (χ4v) is 1.08. The minimum atomic E-state index is 1.17. The SMILES string of the molecule is C1CSCN1.N#CN. The first-order valence-corrected chi connectivity index (χ1v) is 3.45. The smallest absolute Gasteiger partial charge is 0.173 e. The molecular formula is C4H9N3S. The van der Waals surface area contributed by atoms with Gasteiger partial charge in [0.2, 0.25) is 0 Å². The maximum atomic E-state index is 7.10. The van der Waals surface area contributed by atoms with Gasteiger partial charge in [0.15, 0.2) is 6.19 Å². The Balaban J connectivity index is 0.000000145. The van der Waals surface area contributed by atoms with E-state index in [1.54, 1.807) is 0 Å². The monoisotopic (exact) mass is 131 g/mol. The fraction of sp³-hybridized carbons (Fsp3) is 0.750. The van der Waals surface area contributed by atoms with Crippen molar-refractivity contribution in [2.75, 3.05) is 18.2 Å². The topological polar surface area (TPSA) is 61.8 Å². The number of nitrogens with one attached hydrogen (secondary N) is 1. The Morgan fingerprint density at radius 3 is 2.50 bits per heavy atom. The summed E-state index contributed by atoms with van der Waals surface area (Å²) in [6.07, 6.45) is 1.25. The number of hydrogen-bond donors (Lipinski definition) is 2. The van der Waals surface area contributed by atoms with Crippen LogP contribution in [0.5, 0.6) is 0 Å². The molecule has 0 aromatic heterocycles. The van der Waals surface area contributed by atoms with Crippen LogP contribution < -0.4 is 11.1 Å². The molecule has 1 aliphatic rings. The molecule has 0 radical (unpaired) electrons. The lowest BCUT2D eigenvalue weighted by molar-refractivity contribution is 0.885. The maximum Gasteiger partial charge on any atom is 0.173 e. The fourth-order valence-electron chi connectivity index (χ4n) is 0.361. The number of thioether (sulfide) groups is 1. The molecule has 1 heterocycles. The number of hydrogen-bond acceptors (Lipinski definition) is 4. The van der Waals surface area contributed by atoms with Gasteiger partial charge in [-0.1, -0.05) is 0 Å². The Hall–Kier alpha value is -0.400. The second-order valence-corrected chi connectivity index (χ2v) is 2.29. The number of nitrogens with two attached hydrogens (primary N) is 1. The average Bonchev–Trinajstić information content (AvgIpc) is 2.17. The molecule has 1 saturated heterocycles. The van der Waals surface area contributed by atoms with Crippen LogP contribution in [0.3, 0.4) is 0 Å². The molecule has 0 aromatic rings. The molecule has 3 N–H and O–H groups in total. The zero-order valence-corrected chi connectivity index (χ0v) is 5.37. The molecule has 1 rings (SSSR count). The normalized spacial score (nSPS) is 15.9. The lowest BCUT2D eigenvalue weighted by Crippen LogP contribution is -2.04. The van der Waals surface area contributed by atoms with Crippen molar-refractivity contribution in [1.82, 2.24) is 5.32 Å². The summed E-state index contributed by atoms with van der Waals surface area (Å²) in [6, 6.07) is 0. The number of rotatable bonds is 0. The second-order valence-electron chi connectivity index (χ2n) is 1.18. The third kappa shape index (κ3) is 5.60. The molecule has 0 unspecified atom stereocenters. The third-order valence-corrected chi connectivity index (χ3v) is 1.53. The van der Waals surface area contributed by atoms with Crippen LogP contribution in [0.15, 0.2) is 0 Å². The zero-order valence-electron chi connectivity index (χ0n) is 4.55. The molecule has 1 fully saturated rings. The van der Waals surface area contributed by atoms with Gasteiger partial charge in [-0.2, -0.15) is 5.26 Å². The van der Waals surface area contributed by atoms with E-state index in [0.717, 1.165) is 0 Å². The second kappa shape index (κ2) is 6.60. The summed E-state index contributed by atoms with van der Waals surface area (Å²) in [5, 5.41) is 10.3. The van der Waals surface area contributed by atoms with Crippen LogP contribution in [-0.2, 0) is 0 Å². The van der Waals surface area contributed by atoms with Crippen LogP contribution in [0.2, 0.25) is 0 Å². The van der Waals surface area contributed by atoms with Gasteiger partial charge in [0, 0.05) is 18.2 Å². The Bertz CT molecular complexity index is 66.2. The maximum absolute atomic E-state index is 7.10. The molecule has 0 spiro atoms. The van der Waals surface area contributed by atoms with Crippen LogP contribution in [0.1, 0.15) is 0 Å². The van der Waals surface area contributed by atoms with Crippen molar-refractivity contribution < 1.29 is 0 Å².